The highest BCUT2D eigenvalue weighted by atomic mass is 15.6. The fourth-order valence-corrected chi connectivity index (χ4v) is 3.29. The van der Waals surface area contributed by atoms with Crippen LogP contribution in [0.3, 0.4) is 0 Å². The molecule has 4 unspecified atom stereocenters. The summed E-state index contributed by atoms with van der Waals surface area (Å²) >= 11 is 0. The molecule has 2 nitrogen and oxygen atoms in total. The van der Waals surface area contributed by atoms with E-state index < -0.39 is 0 Å². The fraction of sp³-hybridized carbons (Fsp3) is 1.00. The summed E-state index contributed by atoms with van der Waals surface area (Å²) in [5, 5.41) is 5.30. The first-order valence-electron chi connectivity index (χ1n) is 7.09. The van der Waals surface area contributed by atoms with Crippen LogP contribution in [-0.4, -0.2) is 35.7 Å². The molecule has 2 heterocycles. The van der Waals surface area contributed by atoms with E-state index in [0.717, 1.165) is 23.8 Å². The van der Waals surface area contributed by atoms with Crippen molar-refractivity contribution in [3.8, 4) is 0 Å². The molecule has 16 heavy (non-hydrogen) atoms. The van der Waals surface area contributed by atoms with Crippen LogP contribution in [0, 0.1) is 17.8 Å². The molecule has 2 aliphatic heterocycles. The van der Waals surface area contributed by atoms with Gasteiger partial charge in [-0.25, -0.2) is 10.0 Å². The van der Waals surface area contributed by atoms with E-state index in [0.29, 0.717) is 0 Å². The summed E-state index contributed by atoms with van der Waals surface area (Å²) in [6, 6.07) is 0.754. The van der Waals surface area contributed by atoms with Crippen LogP contribution in [0.4, 0.5) is 0 Å². The zero-order valence-electron chi connectivity index (χ0n) is 11.4. The van der Waals surface area contributed by atoms with Gasteiger partial charge in [0.2, 0.25) is 0 Å². The topological polar surface area (TPSA) is 6.48 Å². The van der Waals surface area contributed by atoms with Crippen LogP contribution >= 0.6 is 0 Å². The van der Waals surface area contributed by atoms with Gasteiger partial charge in [-0.15, -0.1) is 0 Å². The number of rotatable bonds is 1. The predicted octanol–water partition coefficient (Wildman–Crippen LogP) is 3.00. The molecule has 2 rings (SSSR count). The Morgan fingerprint density at radius 2 is 1.62 bits per heavy atom. The van der Waals surface area contributed by atoms with Crippen molar-refractivity contribution < 1.29 is 0 Å². The molecule has 0 aromatic heterocycles. The van der Waals surface area contributed by atoms with Gasteiger partial charge in [-0.1, -0.05) is 20.8 Å². The first kappa shape index (κ1) is 12.4. The van der Waals surface area contributed by atoms with Gasteiger partial charge in [-0.3, -0.25) is 0 Å². The van der Waals surface area contributed by atoms with E-state index in [-0.39, 0.29) is 0 Å². The number of hydrogen-bond acceptors (Lipinski definition) is 2. The van der Waals surface area contributed by atoms with Crippen molar-refractivity contribution in [3.05, 3.63) is 0 Å². The van der Waals surface area contributed by atoms with Crippen molar-refractivity contribution in [2.24, 2.45) is 17.8 Å². The van der Waals surface area contributed by atoms with Crippen molar-refractivity contribution in [2.45, 2.75) is 53.0 Å². The van der Waals surface area contributed by atoms with Gasteiger partial charge in [-0.2, -0.15) is 0 Å². The molecule has 0 aliphatic carbocycles. The maximum Gasteiger partial charge on any atom is 0.0220 e. The lowest BCUT2D eigenvalue weighted by Crippen LogP contribution is -2.55. The molecule has 0 saturated carbocycles. The van der Waals surface area contributed by atoms with Crippen LogP contribution in [0.2, 0.25) is 0 Å². The van der Waals surface area contributed by atoms with Crippen LogP contribution in [0.5, 0.6) is 0 Å². The quantitative estimate of drug-likeness (QED) is 0.675. The maximum absolute atomic E-state index is 2.66. The molecule has 94 valence electrons. The summed E-state index contributed by atoms with van der Waals surface area (Å²) in [4.78, 5) is 0. The Kier molecular flexibility index (Phi) is 3.91. The molecule has 0 amide bonds. The van der Waals surface area contributed by atoms with Crippen LogP contribution < -0.4 is 0 Å². The van der Waals surface area contributed by atoms with Crippen LogP contribution in [0.1, 0.15) is 47.0 Å². The van der Waals surface area contributed by atoms with Gasteiger partial charge in [0.15, 0.2) is 0 Å². The van der Waals surface area contributed by atoms with E-state index >= 15 is 0 Å². The molecule has 0 aromatic carbocycles. The number of piperidine rings is 2. The molecule has 2 aliphatic rings. The molecule has 0 spiro atoms. The molecular formula is C14H28N2. The van der Waals surface area contributed by atoms with Crippen molar-refractivity contribution in [1.82, 2.24) is 10.0 Å². The second kappa shape index (κ2) is 5.05. The minimum atomic E-state index is 0.754. The molecule has 0 bridgehead atoms. The first-order chi connectivity index (χ1) is 7.58. The van der Waals surface area contributed by atoms with Crippen molar-refractivity contribution in [1.29, 1.82) is 0 Å². The van der Waals surface area contributed by atoms with Crippen molar-refractivity contribution in [3.63, 3.8) is 0 Å². The minimum Gasteiger partial charge on any atom is -0.241 e. The monoisotopic (exact) mass is 224 g/mol. The van der Waals surface area contributed by atoms with Gasteiger partial charge in [0.05, 0.1) is 0 Å². The highest BCUT2D eigenvalue weighted by Gasteiger charge is 2.31. The summed E-state index contributed by atoms with van der Waals surface area (Å²) in [6.07, 6.45) is 4.13. The minimum absolute atomic E-state index is 0.754. The van der Waals surface area contributed by atoms with Gasteiger partial charge in [0.25, 0.3) is 0 Å². The second-order valence-corrected chi connectivity index (χ2v) is 6.30. The summed E-state index contributed by atoms with van der Waals surface area (Å²) in [5.74, 6) is 2.70. The third-order valence-corrected chi connectivity index (χ3v) is 4.78. The Bertz CT molecular complexity index is 229. The van der Waals surface area contributed by atoms with Gasteiger partial charge >= 0.3 is 0 Å². The van der Waals surface area contributed by atoms with Crippen LogP contribution in [0.25, 0.3) is 0 Å². The van der Waals surface area contributed by atoms with Crippen LogP contribution in [0.15, 0.2) is 0 Å². The highest BCUT2D eigenvalue weighted by molar-refractivity contribution is 4.80. The number of hydrazine groups is 1. The normalized spacial score (nSPS) is 43.5. The van der Waals surface area contributed by atoms with E-state index in [1.807, 2.05) is 0 Å². The Balaban J connectivity index is 1.92. The van der Waals surface area contributed by atoms with Crippen molar-refractivity contribution >= 4 is 0 Å². The second-order valence-electron chi connectivity index (χ2n) is 6.30. The Labute approximate surface area is 101 Å². The molecule has 0 aromatic rings. The third-order valence-electron chi connectivity index (χ3n) is 4.78. The van der Waals surface area contributed by atoms with Gasteiger partial charge in [-0.05, 0) is 43.9 Å². The largest absolute Gasteiger partial charge is 0.241 e. The third kappa shape index (κ3) is 2.60. The lowest BCUT2D eigenvalue weighted by molar-refractivity contribution is -0.109. The SMILES string of the molecule is CC1CCN(N2CCC(C)C(C)C2)C(C)C1. The standard InChI is InChI=1S/C14H28N2/c1-11-5-8-16(14(4)9-11)15-7-6-12(2)13(3)10-15/h11-14H,5-10H2,1-4H3. The average molecular weight is 224 g/mol. The van der Waals surface area contributed by atoms with Gasteiger partial charge < -0.3 is 0 Å². The molecule has 0 N–H and O–H groups in total. The van der Waals surface area contributed by atoms with Crippen molar-refractivity contribution in [2.75, 3.05) is 19.6 Å². The Hall–Kier alpha value is -0.0800. The highest BCUT2D eigenvalue weighted by Crippen LogP contribution is 2.28. The predicted molar refractivity (Wildman–Crippen MR) is 69.1 cm³/mol. The smallest absolute Gasteiger partial charge is 0.0220 e. The maximum atomic E-state index is 2.66. The summed E-state index contributed by atoms with van der Waals surface area (Å²) in [7, 11) is 0. The zero-order valence-corrected chi connectivity index (χ0v) is 11.4. The van der Waals surface area contributed by atoms with Gasteiger partial charge in [0.1, 0.15) is 0 Å². The van der Waals surface area contributed by atoms with E-state index in [9.17, 15) is 0 Å². The summed E-state index contributed by atoms with van der Waals surface area (Å²) in [5.41, 5.74) is 0. The number of hydrogen-bond donors (Lipinski definition) is 0. The lowest BCUT2D eigenvalue weighted by Gasteiger charge is -2.47. The summed E-state index contributed by atoms with van der Waals surface area (Å²) in [6.45, 7) is 13.5. The van der Waals surface area contributed by atoms with E-state index in [1.54, 1.807) is 0 Å². The van der Waals surface area contributed by atoms with Gasteiger partial charge in [0, 0.05) is 25.7 Å². The molecule has 0 radical (unpaired) electrons. The zero-order chi connectivity index (χ0) is 11.7. The Morgan fingerprint density at radius 3 is 2.25 bits per heavy atom. The fourth-order valence-electron chi connectivity index (χ4n) is 3.29. The molecular weight excluding hydrogens is 196 g/mol. The average Bonchev–Trinajstić information content (AvgIpc) is 2.22. The molecule has 2 fully saturated rings. The lowest BCUT2D eigenvalue weighted by atomic mass is 9.89. The van der Waals surface area contributed by atoms with E-state index in [4.69, 9.17) is 0 Å². The first-order valence-corrected chi connectivity index (χ1v) is 7.09. The van der Waals surface area contributed by atoms with E-state index in [1.165, 1.54) is 38.9 Å². The Morgan fingerprint density at radius 1 is 0.875 bits per heavy atom. The van der Waals surface area contributed by atoms with Crippen LogP contribution in [-0.2, 0) is 0 Å². The number of nitrogens with zero attached hydrogens (tertiary/aromatic N) is 2. The molecule has 2 saturated heterocycles. The van der Waals surface area contributed by atoms with E-state index in [2.05, 4.69) is 37.7 Å². The molecule has 2 heteroatoms. The summed E-state index contributed by atoms with van der Waals surface area (Å²) < 4.78 is 0. The molecule has 4 atom stereocenters.